The van der Waals surface area contributed by atoms with E-state index in [9.17, 15) is 4.79 Å². The Hall–Kier alpha value is -0.650. The van der Waals surface area contributed by atoms with Crippen LogP contribution in [0.2, 0.25) is 0 Å². The lowest BCUT2D eigenvalue weighted by Crippen LogP contribution is -1.99. The Kier molecular flexibility index (Phi) is 5.68. The molecule has 80 valence electrons. The van der Waals surface area contributed by atoms with Crippen LogP contribution in [0.4, 0.5) is 0 Å². The molecule has 0 unspecified atom stereocenters. The molecular formula is C8H13ClN2O2S. The number of aromatic nitrogens is 1. The van der Waals surface area contributed by atoms with E-state index in [1.165, 1.54) is 11.3 Å². The van der Waals surface area contributed by atoms with Gasteiger partial charge in [-0.2, -0.15) is 0 Å². The molecule has 0 spiro atoms. The van der Waals surface area contributed by atoms with Crippen molar-refractivity contribution in [1.29, 1.82) is 0 Å². The number of carboxylic acid groups (broad SMARTS) is 1. The molecule has 4 nitrogen and oxygen atoms in total. The molecule has 0 aliphatic heterocycles. The van der Waals surface area contributed by atoms with Gasteiger partial charge in [0.1, 0.15) is 4.88 Å². The Morgan fingerprint density at radius 3 is 2.71 bits per heavy atom. The molecule has 0 fully saturated rings. The first-order chi connectivity index (χ1) is 6.15. The Morgan fingerprint density at radius 2 is 2.29 bits per heavy atom. The summed E-state index contributed by atoms with van der Waals surface area (Å²) in [7, 11) is 0. The number of carbonyl (C=O) groups is 1. The molecule has 6 heteroatoms. The van der Waals surface area contributed by atoms with Gasteiger partial charge in [-0.15, -0.1) is 23.7 Å². The second-order valence-corrected chi connectivity index (χ2v) is 3.80. The van der Waals surface area contributed by atoms with Crippen LogP contribution < -0.4 is 5.73 Å². The van der Waals surface area contributed by atoms with Crippen molar-refractivity contribution in [2.45, 2.75) is 19.8 Å². The van der Waals surface area contributed by atoms with Crippen LogP contribution in [0, 0.1) is 6.92 Å². The Morgan fingerprint density at radius 1 is 1.64 bits per heavy atom. The summed E-state index contributed by atoms with van der Waals surface area (Å²) in [6.45, 7) is 2.33. The van der Waals surface area contributed by atoms with Gasteiger partial charge in [-0.3, -0.25) is 0 Å². The normalized spacial score (nSPS) is 9.57. The van der Waals surface area contributed by atoms with Crippen molar-refractivity contribution < 1.29 is 9.90 Å². The third kappa shape index (κ3) is 3.25. The molecule has 0 radical (unpaired) electrons. The number of nitrogens with two attached hydrogens (primary N) is 1. The number of thiazole rings is 1. The van der Waals surface area contributed by atoms with Gasteiger partial charge in [-0.05, 0) is 19.9 Å². The monoisotopic (exact) mass is 236 g/mol. The molecule has 1 aromatic heterocycles. The largest absolute Gasteiger partial charge is 0.477 e. The molecule has 0 saturated heterocycles. The van der Waals surface area contributed by atoms with Crippen molar-refractivity contribution in [2.24, 2.45) is 5.73 Å². The van der Waals surface area contributed by atoms with Crippen molar-refractivity contribution in [3.8, 4) is 0 Å². The maximum absolute atomic E-state index is 10.7. The smallest absolute Gasteiger partial charge is 0.347 e. The first-order valence-electron chi connectivity index (χ1n) is 4.04. The van der Waals surface area contributed by atoms with Gasteiger partial charge in [0.2, 0.25) is 0 Å². The SMILES string of the molecule is Cc1nc(CCCN)sc1C(=O)O.Cl. The van der Waals surface area contributed by atoms with E-state index in [1.54, 1.807) is 6.92 Å². The molecule has 1 heterocycles. The van der Waals surface area contributed by atoms with Gasteiger partial charge in [0.25, 0.3) is 0 Å². The Bertz CT molecular complexity index is 314. The zero-order valence-corrected chi connectivity index (χ0v) is 9.45. The molecule has 14 heavy (non-hydrogen) atoms. The third-order valence-corrected chi connectivity index (χ3v) is 2.84. The number of hydrogen-bond acceptors (Lipinski definition) is 4. The summed E-state index contributed by atoms with van der Waals surface area (Å²) in [5, 5.41) is 9.61. The van der Waals surface area contributed by atoms with Crippen molar-refractivity contribution >= 4 is 29.7 Å². The minimum absolute atomic E-state index is 0. The van der Waals surface area contributed by atoms with E-state index in [4.69, 9.17) is 10.8 Å². The minimum atomic E-state index is -0.894. The van der Waals surface area contributed by atoms with Gasteiger partial charge in [-0.1, -0.05) is 0 Å². The van der Waals surface area contributed by atoms with E-state index in [0.29, 0.717) is 17.1 Å². The first-order valence-corrected chi connectivity index (χ1v) is 4.86. The van der Waals surface area contributed by atoms with Crippen LogP contribution in [0.5, 0.6) is 0 Å². The molecule has 0 amide bonds. The molecule has 0 saturated carbocycles. The van der Waals surface area contributed by atoms with E-state index in [2.05, 4.69) is 4.98 Å². The second-order valence-electron chi connectivity index (χ2n) is 2.72. The molecule has 3 N–H and O–H groups in total. The van der Waals surface area contributed by atoms with E-state index in [-0.39, 0.29) is 12.4 Å². The van der Waals surface area contributed by atoms with Crippen LogP contribution in [-0.2, 0) is 6.42 Å². The van der Waals surface area contributed by atoms with Crippen molar-refractivity contribution in [2.75, 3.05) is 6.54 Å². The van der Waals surface area contributed by atoms with Crippen LogP contribution in [-0.4, -0.2) is 22.6 Å². The van der Waals surface area contributed by atoms with E-state index < -0.39 is 5.97 Å². The standard InChI is InChI=1S/C8H12N2O2S.ClH/c1-5-7(8(11)12)13-6(10-5)3-2-4-9;/h2-4,9H2,1H3,(H,11,12);1H. The Balaban J connectivity index is 0.00000169. The second kappa shape index (κ2) is 5.95. The van der Waals surface area contributed by atoms with Crippen molar-refractivity contribution in [1.82, 2.24) is 4.98 Å². The molecule has 0 bridgehead atoms. The molecule has 0 aromatic carbocycles. The number of aryl methyl sites for hydroxylation is 2. The lowest BCUT2D eigenvalue weighted by Gasteiger charge is -1.90. The highest BCUT2D eigenvalue weighted by Crippen LogP contribution is 2.18. The van der Waals surface area contributed by atoms with Gasteiger partial charge in [0, 0.05) is 6.42 Å². The van der Waals surface area contributed by atoms with Crippen molar-refractivity contribution in [3.63, 3.8) is 0 Å². The summed E-state index contributed by atoms with van der Waals surface area (Å²) in [6.07, 6.45) is 1.63. The van der Waals surface area contributed by atoms with Crippen LogP contribution in [0.3, 0.4) is 0 Å². The number of nitrogens with zero attached hydrogens (tertiary/aromatic N) is 1. The summed E-state index contributed by atoms with van der Waals surface area (Å²) in [5.74, 6) is -0.894. The molecule has 1 rings (SSSR count). The lowest BCUT2D eigenvalue weighted by atomic mass is 10.3. The van der Waals surface area contributed by atoms with Gasteiger partial charge >= 0.3 is 5.97 Å². The number of halogens is 1. The van der Waals surface area contributed by atoms with E-state index >= 15 is 0 Å². The van der Waals surface area contributed by atoms with Gasteiger partial charge in [-0.25, -0.2) is 9.78 Å². The maximum Gasteiger partial charge on any atom is 0.347 e. The Labute approximate surface area is 92.6 Å². The summed E-state index contributed by atoms with van der Waals surface area (Å²) in [5.41, 5.74) is 5.94. The van der Waals surface area contributed by atoms with Crippen LogP contribution in [0.1, 0.15) is 26.8 Å². The number of rotatable bonds is 4. The molecule has 0 aliphatic rings. The highest BCUT2D eigenvalue weighted by atomic mass is 35.5. The highest BCUT2D eigenvalue weighted by molar-refractivity contribution is 7.13. The summed E-state index contributed by atoms with van der Waals surface area (Å²) in [4.78, 5) is 15.1. The molecule has 1 aromatic rings. The predicted octanol–water partition coefficient (Wildman–Crippen LogP) is 1.46. The topological polar surface area (TPSA) is 76.2 Å². The summed E-state index contributed by atoms with van der Waals surface area (Å²) in [6, 6.07) is 0. The lowest BCUT2D eigenvalue weighted by molar-refractivity contribution is 0.0701. The zero-order valence-electron chi connectivity index (χ0n) is 7.82. The highest BCUT2D eigenvalue weighted by Gasteiger charge is 2.12. The quantitative estimate of drug-likeness (QED) is 0.830. The minimum Gasteiger partial charge on any atom is -0.477 e. The van der Waals surface area contributed by atoms with Gasteiger partial charge in [0.15, 0.2) is 0 Å². The van der Waals surface area contributed by atoms with Crippen LogP contribution in [0.25, 0.3) is 0 Å². The van der Waals surface area contributed by atoms with Gasteiger partial charge < -0.3 is 10.8 Å². The fraction of sp³-hybridized carbons (Fsp3) is 0.500. The average molecular weight is 237 g/mol. The predicted molar refractivity (Wildman–Crippen MR) is 58.4 cm³/mol. The number of hydrogen-bond donors (Lipinski definition) is 2. The van der Waals surface area contributed by atoms with Gasteiger partial charge in [0.05, 0.1) is 10.7 Å². The van der Waals surface area contributed by atoms with E-state index in [0.717, 1.165) is 17.8 Å². The van der Waals surface area contributed by atoms with Crippen LogP contribution in [0.15, 0.2) is 0 Å². The van der Waals surface area contributed by atoms with Crippen LogP contribution >= 0.6 is 23.7 Å². The zero-order chi connectivity index (χ0) is 9.84. The average Bonchev–Trinajstić information content (AvgIpc) is 2.43. The first kappa shape index (κ1) is 13.4. The fourth-order valence-electron chi connectivity index (χ4n) is 1.01. The molecule has 0 aliphatic carbocycles. The number of carboxylic acids is 1. The molecular weight excluding hydrogens is 224 g/mol. The van der Waals surface area contributed by atoms with E-state index in [1.807, 2.05) is 0 Å². The molecule has 0 atom stereocenters. The van der Waals surface area contributed by atoms with Crippen molar-refractivity contribution in [3.05, 3.63) is 15.6 Å². The number of aromatic carboxylic acids is 1. The fourth-order valence-corrected chi connectivity index (χ4v) is 1.96. The summed E-state index contributed by atoms with van der Waals surface area (Å²) < 4.78 is 0. The third-order valence-electron chi connectivity index (χ3n) is 1.63. The maximum atomic E-state index is 10.7. The summed E-state index contributed by atoms with van der Waals surface area (Å²) >= 11 is 1.24.